The van der Waals surface area contributed by atoms with Crippen LogP contribution in [-0.2, 0) is 21.1 Å². The number of nitro benzene ring substituents is 1. The highest BCUT2D eigenvalue weighted by Crippen LogP contribution is 2.27. The van der Waals surface area contributed by atoms with Crippen molar-refractivity contribution in [1.29, 1.82) is 0 Å². The molecule has 0 N–H and O–H groups in total. The number of hydrogen-bond acceptors (Lipinski definition) is 5. The Morgan fingerprint density at radius 2 is 1.88 bits per heavy atom. The fraction of sp³-hybridized carbons (Fsp3) is 0.278. The van der Waals surface area contributed by atoms with E-state index in [1.807, 2.05) is 0 Å². The molecule has 2 aromatic carbocycles. The predicted molar refractivity (Wildman–Crippen MR) is 94.2 cm³/mol. The summed E-state index contributed by atoms with van der Waals surface area (Å²) in [4.78, 5) is 21.3. The number of sulfone groups is 1. The maximum Gasteiger partial charge on any atom is 0.269 e. The summed E-state index contributed by atoms with van der Waals surface area (Å²) in [6.07, 6.45) is 0.573. The van der Waals surface area contributed by atoms with Crippen molar-refractivity contribution in [2.24, 2.45) is 5.41 Å². The van der Waals surface area contributed by atoms with Crippen molar-refractivity contribution in [1.82, 2.24) is 0 Å². The van der Waals surface area contributed by atoms with Gasteiger partial charge in [-0.05, 0) is 35.7 Å². The van der Waals surface area contributed by atoms with Gasteiger partial charge in [0.1, 0.15) is 12.1 Å². The summed E-state index contributed by atoms with van der Waals surface area (Å²) in [6, 6.07) is 9.02. The highest BCUT2D eigenvalue weighted by atomic mass is 32.2. The number of benzene rings is 2. The fourth-order valence-electron chi connectivity index (χ4n) is 2.59. The van der Waals surface area contributed by atoms with E-state index >= 15 is 0 Å². The average molecular weight is 379 g/mol. The normalized spacial score (nSPS) is 12.0. The summed E-state index contributed by atoms with van der Waals surface area (Å²) in [7, 11) is -3.86. The third-order valence-electron chi connectivity index (χ3n) is 3.75. The second-order valence-electron chi connectivity index (χ2n) is 6.72. The number of nitro groups is 1. The first-order chi connectivity index (χ1) is 12.0. The molecule has 2 aromatic rings. The van der Waals surface area contributed by atoms with Gasteiger partial charge in [-0.25, -0.2) is 12.8 Å². The van der Waals surface area contributed by atoms with Crippen molar-refractivity contribution in [3.63, 3.8) is 0 Å². The molecule has 0 fully saturated rings. The standard InChI is InChI=1S/C18H18FNO5S/c1-18(2,11-21)12-26(24,25)17-7-6-15(19)10-14(17)8-13-4-3-5-16(9-13)20(22)23/h3-7,9-11H,8,12H2,1-2H3. The zero-order valence-corrected chi connectivity index (χ0v) is 15.1. The van der Waals surface area contributed by atoms with Crippen LogP contribution < -0.4 is 0 Å². The van der Waals surface area contributed by atoms with E-state index in [1.54, 1.807) is 6.07 Å². The molecule has 0 radical (unpaired) electrons. The van der Waals surface area contributed by atoms with Crippen molar-refractivity contribution >= 4 is 21.8 Å². The molecule has 0 aliphatic carbocycles. The van der Waals surface area contributed by atoms with Crippen LogP contribution in [0.15, 0.2) is 47.4 Å². The minimum atomic E-state index is -3.86. The molecular formula is C18H18FNO5S. The van der Waals surface area contributed by atoms with Gasteiger partial charge in [0.25, 0.3) is 5.69 Å². The van der Waals surface area contributed by atoms with Gasteiger partial charge < -0.3 is 4.79 Å². The third-order valence-corrected chi connectivity index (χ3v) is 5.95. The number of aldehydes is 1. The van der Waals surface area contributed by atoms with Gasteiger partial charge >= 0.3 is 0 Å². The molecule has 2 rings (SSSR count). The molecule has 138 valence electrons. The zero-order chi connectivity index (χ0) is 19.5. The second kappa shape index (κ2) is 7.33. The number of hydrogen-bond donors (Lipinski definition) is 0. The summed E-state index contributed by atoms with van der Waals surface area (Å²) < 4.78 is 39.1. The van der Waals surface area contributed by atoms with Gasteiger partial charge in [-0.1, -0.05) is 26.0 Å². The molecule has 0 aliphatic heterocycles. The molecule has 8 heteroatoms. The molecule has 6 nitrogen and oxygen atoms in total. The quantitative estimate of drug-likeness (QED) is 0.318. The van der Waals surface area contributed by atoms with Gasteiger partial charge in [0.2, 0.25) is 0 Å². The van der Waals surface area contributed by atoms with Gasteiger partial charge in [0, 0.05) is 17.5 Å². The van der Waals surface area contributed by atoms with Crippen LogP contribution in [0.3, 0.4) is 0 Å². The molecule has 26 heavy (non-hydrogen) atoms. The summed E-state index contributed by atoms with van der Waals surface area (Å²) >= 11 is 0. The van der Waals surface area contributed by atoms with Crippen LogP contribution in [0.25, 0.3) is 0 Å². The Hall–Kier alpha value is -2.61. The molecule has 0 unspecified atom stereocenters. The maximum atomic E-state index is 13.7. The van der Waals surface area contributed by atoms with E-state index < -0.39 is 31.7 Å². The lowest BCUT2D eigenvalue weighted by atomic mass is 10.00. The van der Waals surface area contributed by atoms with Gasteiger partial charge in [0.15, 0.2) is 9.84 Å². The van der Waals surface area contributed by atoms with E-state index in [9.17, 15) is 27.7 Å². The molecule has 0 spiro atoms. The Balaban J connectivity index is 2.47. The second-order valence-corrected chi connectivity index (χ2v) is 8.68. The summed E-state index contributed by atoms with van der Waals surface area (Å²) in [5.74, 6) is -1.03. The van der Waals surface area contributed by atoms with Gasteiger partial charge in [-0.15, -0.1) is 0 Å². The lowest BCUT2D eigenvalue weighted by Crippen LogP contribution is -2.26. The Morgan fingerprint density at radius 3 is 2.50 bits per heavy atom. The van der Waals surface area contributed by atoms with E-state index in [2.05, 4.69) is 0 Å². The SMILES string of the molecule is CC(C)(C=O)CS(=O)(=O)c1ccc(F)cc1Cc1cccc([N+](=O)[O-])c1. The minimum Gasteiger partial charge on any atom is -0.303 e. The highest BCUT2D eigenvalue weighted by Gasteiger charge is 2.29. The fourth-order valence-corrected chi connectivity index (χ4v) is 4.60. The first-order valence-electron chi connectivity index (χ1n) is 7.75. The van der Waals surface area contributed by atoms with Gasteiger partial charge in [-0.3, -0.25) is 10.1 Å². The molecule has 0 bridgehead atoms. The molecule has 0 amide bonds. The molecule has 0 saturated heterocycles. The number of nitrogens with zero attached hydrogens (tertiary/aromatic N) is 1. The molecule has 0 aliphatic rings. The van der Waals surface area contributed by atoms with Crippen molar-refractivity contribution < 1.29 is 22.5 Å². The number of non-ortho nitro benzene ring substituents is 1. The zero-order valence-electron chi connectivity index (χ0n) is 14.3. The molecule has 0 heterocycles. The van der Waals surface area contributed by atoms with E-state index in [1.165, 1.54) is 32.0 Å². The Kier molecular flexibility index (Phi) is 5.56. The first kappa shape index (κ1) is 19.7. The lowest BCUT2D eigenvalue weighted by Gasteiger charge is -2.18. The smallest absolute Gasteiger partial charge is 0.269 e. The number of carbonyl (C=O) groups is 1. The predicted octanol–water partition coefficient (Wildman–Crippen LogP) is 3.32. The van der Waals surface area contributed by atoms with Crippen LogP contribution in [0.1, 0.15) is 25.0 Å². The van der Waals surface area contributed by atoms with Crippen LogP contribution in [0, 0.1) is 21.3 Å². The number of carbonyl (C=O) groups excluding carboxylic acids is 1. The van der Waals surface area contributed by atoms with E-state index in [0.717, 1.165) is 18.2 Å². The van der Waals surface area contributed by atoms with Crippen LogP contribution in [0.4, 0.5) is 10.1 Å². The first-order valence-corrected chi connectivity index (χ1v) is 9.40. The van der Waals surface area contributed by atoms with Crippen molar-refractivity contribution in [3.05, 3.63) is 69.5 Å². The Morgan fingerprint density at radius 1 is 1.19 bits per heavy atom. The summed E-state index contributed by atoms with van der Waals surface area (Å²) in [5, 5.41) is 10.9. The van der Waals surface area contributed by atoms with Crippen molar-refractivity contribution in [2.75, 3.05) is 5.75 Å². The molecule has 0 saturated carbocycles. The van der Waals surface area contributed by atoms with Gasteiger partial charge in [-0.2, -0.15) is 0 Å². The maximum absolute atomic E-state index is 13.7. The van der Waals surface area contributed by atoms with Crippen molar-refractivity contribution in [3.8, 4) is 0 Å². The van der Waals surface area contributed by atoms with Crippen LogP contribution in [-0.4, -0.2) is 25.4 Å². The number of halogens is 1. The molecule has 0 aromatic heterocycles. The molecular weight excluding hydrogens is 361 g/mol. The Bertz CT molecular complexity index is 954. The van der Waals surface area contributed by atoms with Crippen molar-refractivity contribution in [2.45, 2.75) is 25.2 Å². The van der Waals surface area contributed by atoms with E-state index in [0.29, 0.717) is 11.8 Å². The van der Waals surface area contributed by atoms with Crippen LogP contribution >= 0.6 is 0 Å². The number of rotatable bonds is 7. The lowest BCUT2D eigenvalue weighted by molar-refractivity contribution is -0.384. The molecule has 0 atom stereocenters. The topological polar surface area (TPSA) is 94.3 Å². The monoisotopic (exact) mass is 379 g/mol. The van der Waals surface area contributed by atoms with Crippen LogP contribution in [0.5, 0.6) is 0 Å². The Labute approximate surface area is 150 Å². The van der Waals surface area contributed by atoms with E-state index in [4.69, 9.17) is 0 Å². The average Bonchev–Trinajstić information content (AvgIpc) is 2.54. The highest BCUT2D eigenvalue weighted by molar-refractivity contribution is 7.91. The van der Waals surface area contributed by atoms with Crippen LogP contribution in [0.2, 0.25) is 0 Å². The summed E-state index contributed by atoms with van der Waals surface area (Å²) in [5.41, 5.74) is -0.552. The minimum absolute atomic E-state index is 0.00945. The summed E-state index contributed by atoms with van der Waals surface area (Å²) in [6.45, 7) is 3.00. The largest absolute Gasteiger partial charge is 0.303 e. The van der Waals surface area contributed by atoms with E-state index in [-0.39, 0.29) is 22.6 Å². The third kappa shape index (κ3) is 4.72. The van der Waals surface area contributed by atoms with Gasteiger partial charge in [0.05, 0.1) is 15.6 Å².